The lowest BCUT2D eigenvalue weighted by atomic mass is 10.1. The topological polar surface area (TPSA) is 62.3 Å². The molecule has 2 aliphatic rings. The number of nitrogens with zero attached hydrogens (tertiary/aromatic N) is 3. The minimum Gasteiger partial charge on any atom is -0.444 e. The first kappa shape index (κ1) is 22.0. The van der Waals surface area contributed by atoms with Crippen LogP contribution in [0.4, 0.5) is 4.79 Å². The summed E-state index contributed by atoms with van der Waals surface area (Å²) in [6.07, 6.45) is 4.33. The highest BCUT2D eigenvalue weighted by molar-refractivity contribution is 5.86. The highest BCUT2D eigenvalue weighted by Crippen LogP contribution is 2.20. The summed E-state index contributed by atoms with van der Waals surface area (Å²) in [6, 6.07) is -0.462. The Bertz CT molecular complexity index is 500. The molecule has 2 aliphatic heterocycles. The van der Waals surface area contributed by atoms with E-state index in [1.807, 2.05) is 25.7 Å². The largest absolute Gasteiger partial charge is 0.444 e. The van der Waals surface area contributed by atoms with Crippen molar-refractivity contribution in [1.29, 1.82) is 0 Å². The molecule has 2 rings (SSSR count). The summed E-state index contributed by atoms with van der Waals surface area (Å²) in [5.41, 5.74) is -0.565. The molecule has 0 aliphatic carbocycles. The van der Waals surface area contributed by atoms with E-state index in [0.717, 1.165) is 26.1 Å². The summed E-state index contributed by atoms with van der Waals surface area (Å²) in [6.45, 7) is 12.1. The van der Waals surface area contributed by atoms with E-state index in [4.69, 9.17) is 9.47 Å². The number of ether oxygens (including phenoxy) is 2. The van der Waals surface area contributed by atoms with Gasteiger partial charge in [0, 0.05) is 26.7 Å². The van der Waals surface area contributed by atoms with Gasteiger partial charge in [0.25, 0.3) is 0 Å². The van der Waals surface area contributed by atoms with Crippen LogP contribution in [0.15, 0.2) is 0 Å². The molecule has 7 nitrogen and oxygen atoms in total. The maximum atomic E-state index is 13.0. The van der Waals surface area contributed by atoms with E-state index >= 15 is 0 Å². The monoisotopic (exact) mass is 383 g/mol. The SMILES string of the molecule is COC[C@H](CCN1CCCCC1)N1CCN(C(=O)OC(C)(C)C)[C@@H](C)C1=O. The normalized spacial score (nSPS) is 23.4. The van der Waals surface area contributed by atoms with Crippen molar-refractivity contribution in [3.8, 4) is 0 Å². The number of methoxy groups -OCH3 is 1. The number of carbonyl (C=O) groups excluding carboxylic acids is 2. The fraction of sp³-hybridized carbons (Fsp3) is 0.900. The maximum absolute atomic E-state index is 13.0. The minimum atomic E-state index is -0.565. The second-order valence-electron chi connectivity index (χ2n) is 8.68. The molecule has 0 bridgehead atoms. The second-order valence-corrected chi connectivity index (χ2v) is 8.68. The van der Waals surface area contributed by atoms with Gasteiger partial charge in [0.2, 0.25) is 5.91 Å². The molecule has 2 amide bonds. The number of carbonyl (C=O) groups is 2. The van der Waals surface area contributed by atoms with E-state index in [1.54, 1.807) is 18.9 Å². The van der Waals surface area contributed by atoms with Gasteiger partial charge in [-0.05, 0) is 60.0 Å². The van der Waals surface area contributed by atoms with Crippen LogP contribution >= 0.6 is 0 Å². The van der Waals surface area contributed by atoms with Crippen LogP contribution in [0.3, 0.4) is 0 Å². The fourth-order valence-electron chi connectivity index (χ4n) is 3.86. The zero-order valence-electron chi connectivity index (χ0n) is 17.7. The first-order valence-electron chi connectivity index (χ1n) is 10.2. The summed E-state index contributed by atoms with van der Waals surface area (Å²) >= 11 is 0. The number of likely N-dealkylation sites (tertiary alicyclic amines) is 1. The lowest BCUT2D eigenvalue weighted by Crippen LogP contribution is -2.61. The molecule has 0 spiro atoms. The van der Waals surface area contributed by atoms with Gasteiger partial charge in [-0.25, -0.2) is 4.79 Å². The molecule has 27 heavy (non-hydrogen) atoms. The van der Waals surface area contributed by atoms with Crippen LogP contribution in [-0.4, -0.2) is 90.8 Å². The van der Waals surface area contributed by atoms with Crippen LogP contribution in [0.25, 0.3) is 0 Å². The molecule has 2 saturated heterocycles. The van der Waals surface area contributed by atoms with Crippen molar-refractivity contribution in [3.63, 3.8) is 0 Å². The van der Waals surface area contributed by atoms with E-state index in [1.165, 1.54) is 19.3 Å². The number of piperidine rings is 1. The lowest BCUT2D eigenvalue weighted by Gasteiger charge is -2.43. The van der Waals surface area contributed by atoms with Gasteiger partial charge < -0.3 is 19.3 Å². The molecule has 0 radical (unpaired) electrons. The Morgan fingerprint density at radius 2 is 1.81 bits per heavy atom. The van der Waals surface area contributed by atoms with E-state index in [0.29, 0.717) is 19.7 Å². The average molecular weight is 384 g/mol. The molecular formula is C20H37N3O4. The van der Waals surface area contributed by atoms with Crippen molar-refractivity contribution in [3.05, 3.63) is 0 Å². The lowest BCUT2D eigenvalue weighted by molar-refractivity contribution is -0.145. The summed E-state index contributed by atoms with van der Waals surface area (Å²) < 4.78 is 10.9. The molecule has 0 aromatic rings. The Morgan fingerprint density at radius 1 is 1.15 bits per heavy atom. The van der Waals surface area contributed by atoms with E-state index in [2.05, 4.69) is 4.90 Å². The molecule has 0 saturated carbocycles. The molecule has 0 N–H and O–H groups in total. The highest BCUT2D eigenvalue weighted by Gasteiger charge is 2.39. The number of amides is 2. The third-order valence-corrected chi connectivity index (χ3v) is 5.34. The molecule has 7 heteroatoms. The molecule has 2 heterocycles. The Morgan fingerprint density at radius 3 is 2.41 bits per heavy atom. The molecule has 0 aromatic heterocycles. The summed E-state index contributed by atoms with van der Waals surface area (Å²) in [5, 5.41) is 0. The van der Waals surface area contributed by atoms with Crippen molar-refractivity contribution < 1.29 is 19.1 Å². The average Bonchev–Trinajstić information content (AvgIpc) is 2.60. The molecule has 156 valence electrons. The van der Waals surface area contributed by atoms with E-state index in [9.17, 15) is 9.59 Å². The number of hydrogen-bond acceptors (Lipinski definition) is 5. The van der Waals surface area contributed by atoms with Gasteiger partial charge in [-0.1, -0.05) is 6.42 Å². The van der Waals surface area contributed by atoms with Gasteiger partial charge >= 0.3 is 6.09 Å². The quantitative estimate of drug-likeness (QED) is 0.705. The van der Waals surface area contributed by atoms with Crippen molar-refractivity contribution in [2.75, 3.05) is 46.4 Å². The van der Waals surface area contributed by atoms with Gasteiger partial charge in [0.05, 0.1) is 12.6 Å². The van der Waals surface area contributed by atoms with E-state index < -0.39 is 17.7 Å². The Kier molecular flexibility index (Phi) is 7.91. The first-order chi connectivity index (χ1) is 12.7. The van der Waals surface area contributed by atoms with Gasteiger partial charge in [0.1, 0.15) is 11.6 Å². The number of piperazine rings is 1. The summed E-state index contributed by atoms with van der Waals surface area (Å²) in [5.74, 6) is -0.0206. The Balaban J connectivity index is 1.95. The zero-order valence-corrected chi connectivity index (χ0v) is 17.7. The van der Waals surface area contributed by atoms with Crippen LogP contribution in [-0.2, 0) is 14.3 Å². The predicted octanol–water partition coefficient (Wildman–Crippen LogP) is 2.35. The van der Waals surface area contributed by atoms with Crippen LogP contribution in [0.1, 0.15) is 53.4 Å². The van der Waals surface area contributed by atoms with Gasteiger partial charge in [-0.2, -0.15) is 0 Å². The fourth-order valence-corrected chi connectivity index (χ4v) is 3.86. The summed E-state index contributed by atoms with van der Waals surface area (Å²) in [4.78, 5) is 31.3. The molecule has 2 fully saturated rings. The Hall–Kier alpha value is -1.34. The second kappa shape index (κ2) is 9.73. The standard InChI is InChI=1S/C20H37N3O4/c1-16-18(24)23(14-13-22(16)19(25)27-20(2,3)4)17(15-26-5)9-12-21-10-7-6-8-11-21/h16-17H,6-15H2,1-5H3/t16-,17-/m0/s1. The first-order valence-corrected chi connectivity index (χ1v) is 10.2. The van der Waals surface area contributed by atoms with Gasteiger partial charge in [-0.3, -0.25) is 9.69 Å². The molecule has 0 aromatic carbocycles. The van der Waals surface area contributed by atoms with Crippen molar-refractivity contribution in [2.24, 2.45) is 0 Å². The van der Waals surface area contributed by atoms with Crippen molar-refractivity contribution >= 4 is 12.0 Å². The van der Waals surface area contributed by atoms with Gasteiger partial charge in [-0.15, -0.1) is 0 Å². The van der Waals surface area contributed by atoms with Crippen LogP contribution in [0, 0.1) is 0 Å². The van der Waals surface area contributed by atoms with Crippen molar-refractivity contribution in [2.45, 2.75) is 71.1 Å². The van der Waals surface area contributed by atoms with Crippen LogP contribution in [0.5, 0.6) is 0 Å². The molecular weight excluding hydrogens is 346 g/mol. The third-order valence-electron chi connectivity index (χ3n) is 5.34. The van der Waals surface area contributed by atoms with Crippen molar-refractivity contribution in [1.82, 2.24) is 14.7 Å². The van der Waals surface area contributed by atoms with Gasteiger partial charge in [0.15, 0.2) is 0 Å². The number of hydrogen-bond donors (Lipinski definition) is 0. The molecule has 2 atom stereocenters. The highest BCUT2D eigenvalue weighted by atomic mass is 16.6. The van der Waals surface area contributed by atoms with Crippen LogP contribution < -0.4 is 0 Å². The van der Waals surface area contributed by atoms with Crippen LogP contribution in [0.2, 0.25) is 0 Å². The zero-order chi connectivity index (χ0) is 20.0. The Labute approximate surface area is 163 Å². The third kappa shape index (κ3) is 6.35. The molecule has 0 unspecified atom stereocenters. The minimum absolute atomic E-state index is 0.0206. The number of rotatable bonds is 6. The predicted molar refractivity (Wildman–Crippen MR) is 105 cm³/mol. The summed E-state index contributed by atoms with van der Waals surface area (Å²) in [7, 11) is 1.68. The van der Waals surface area contributed by atoms with E-state index in [-0.39, 0.29) is 11.9 Å². The smallest absolute Gasteiger partial charge is 0.411 e. The maximum Gasteiger partial charge on any atom is 0.411 e.